The number of carbonyl (C=O) groups excluding carboxylic acids is 1. The number of hydrogen-bond acceptors (Lipinski definition) is 6. The first-order valence-corrected chi connectivity index (χ1v) is 8.88. The normalized spacial score (nSPS) is 10.6. The van der Waals surface area contributed by atoms with Crippen molar-refractivity contribution >= 4 is 17.2 Å². The second-order valence-corrected chi connectivity index (χ2v) is 6.38. The number of benzene rings is 1. The Morgan fingerprint density at radius 1 is 1.24 bits per heavy atom. The Morgan fingerprint density at radius 2 is 2.04 bits per heavy atom. The van der Waals surface area contributed by atoms with Crippen molar-refractivity contribution in [2.24, 2.45) is 0 Å². The second-order valence-electron chi connectivity index (χ2n) is 5.43. The Labute approximate surface area is 150 Å². The van der Waals surface area contributed by atoms with Crippen molar-refractivity contribution < 1.29 is 13.9 Å². The molecule has 0 saturated carbocycles. The summed E-state index contributed by atoms with van der Waals surface area (Å²) < 4.78 is 10.8. The van der Waals surface area contributed by atoms with Crippen molar-refractivity contribution in [1.29, 1.82) is 0 Å². The number of thiophene rings is 1. The third-order valence-electron chi connectivity index (χ3n) is 3.64. The first-order valence-electron chi connectivity index (χ1n) is 8.01. The molecular weight excluding hydrogens is 338 g/mol. The van der Waals surface area contributed by atoms with E-state index in [0.29, 0.717) is 23.9 Å². The lowest BCUT2D eigenvalue weighted by atomic mass is 10.2. The van der Waals surface area contributed by atoms with Crippen LogP contribution in [0, 0.1) is 0 Å². The van der Waals surface area contributed by atoms with Crippen LogP contribution in [-0.4, -0.2) is 34.7 Å². The van der Waals surface area contributed by atoms with Gasteiger partial charge in [-0.2, -0.15) is 0 Å². The zero-order chi connectivity index (χ0) is 17.6. The molecule has 0 fully saturated rings. The summed E-state index contributed by atoms with van der Waals surface area (Å²) in [5, 5.41) is 10.1. The van der Waals surface area contributed by atoms with Crippen molar-refractivity contribution in [3.8, 4) is 16.5 Å². The zero-order valence-corrected chi connectivity index (χ0v) is 15.0. The maximum atomic E-state index is 12.8. The second kappa shape index (κ2) is 7.94. The number of ether oxygens (including phenoxy) is 1. The summed E-state index contributed by atoms with van der Waals surface area (Å²) in [5.74, 6) is 1.56. The number of nitrogens with zero attached hydrogens (tertiary/aromatic N) is 3. The molecule has 0 aliphatic heterocycles. The van der Waals surface area contributed by atoms with Crippen LogP contribution in [0.3, 0.4) is 0 Å². The van der Waals surface area contributed by atoms with Crippen LogP contribution in [0.15, 0.2) is 46.2 Å². The van der Waals surface area contributed by atoms with Crippen LogP contribution in [0.4, 0.5) is 0 Å². The Bertz CT molecular complexity index is 812. The van der Waals surface area contributed by atoms with Gasteiger partial charge in [-0.1, -0.05) is 13.0 Å². The molecule has 0 atom stereocenters. The fraction of sp³-hybridized carbons (Fsp3) is 0.278. The molecule has 3 aromatic rings. The summed E-state index contributed by atoms with van der Waals surface area (Å²) in [6.45, 7) is 2.93. The SMILES string of the molecule is CCCN(Cc1nnc(-c2cccs2)o1)C(=O)c1ccc(OC)cc1. The number of rotatable bonds is 7. The third kappa shape index (κ3) is 4.06. The smallest absolute Gasteiger partial charge is 0.257 e. The van der Waals surface area contributed by atoms with Crippen molar-refractivity contribution in [3.63, 3.8) is 0 Å². The molecule has 0 N–H and O–H groups in total. The topological polar surface area (TPSA) is 68.5 Å². The molecule has 0 unspecified atom stereocenters. The standard InChI is InChI=1S/C18H19N3O3S/c1-3-10-21(18(22)13-6-8-14(23-2)9-7-13)12-16-19-20-17(24-16)15-5-4-11-25-15/h4-9,11H,3,10,12H2,1-2H3. The van der Waals surface area contributed by atoms with Crippen molar-refractivity contribution in [3.05, 3.63) is 53.2 Å². The van der Waals surface area contributed by atoms with Crippen LogP contribution in [0.5, 0.6) is 5.75 Å². The molecular formula is C18H19N3O3S. The summed E-state index contributed by atoms with van der Waals surface area (Å²) in [7, 11) is 1.60. The molecule has 0 aliphatic carbocycles. The molecule has 7 heteroatoms. The van der Waals surface area contributed by atoms with Crippen molar-refractivity contribution in [2.45, 2.75) is 19.9 Å². The Kier molecular flexibility index (Phi) is 5.45. The molecule has 0 radical (unpaired) electrons. The van der Waals surface area contributed by atoms with Gasteiger partial charge in [0.15, 0.2) is 0 Å². The van der Waals surface area contributed by atoms with E-state index in [1.165, 1.54) is 11.3 Å². The summed E-state index contributed by atoms with van der Waals surface area (Å²) in [6.07, 6.45) is 0.841. The zero-order valence-electron chi connectivity index (χ0n) is 14.1. The van der Waals surface area contributed by atoms with Crippen LogP contribution < -0.4 is 4.74 Å². The molecule has 0 spiro atoms. The monoisotopic (exact) mass is 357 g/mol. The number of carbonyl (C=O) groups is 1. The lowest BCUT2D eigenvalue weighted by Gasteiger charge is -2.20. The molecule has 1 amide bonds. The average molecular weight is 357 g/mol. The number of amides is 1. The van der Waals surface area contributed by atoms with E-state index >= 15 is 0 Å². The quantitative estimate of drug-likeness (QED) is 0.642. The van der Waals surface area contributed by atoms with Gasteiger partial charge in [0.1, 0.15) is 5.75 Å². The van der Waals surface area contributed by atoms with Gasteiger partial charge in [0.05, 0.1) is 18.5 Å². The number of aromatic nitrogens is 2. The highest BCUT2D eigenvalue weighted by Crippen LogP contribution is 2.23. The number of hydrogen-bond donors (Lipinski definition) is 0. The fourth-order valence-corrected chi connectivity index (χ4v) is 3.06. The van der Waals surface area contributed by atoms with E-state index in [1.54, 1.807) is 36.3 Å². The van der Waals surface area contributed by atoms with E-state index in [0.717, 1.165) is 17.0 Å². The minimum atomic E-state index is -0.0691. The van der Waals surface area contributed by atoms with E-state index in [2.05, 4.69) is 10.2 Å². The highest BCUT2D eigenvalue weighted by molar-refractivity contribution is 7.13. The summed E-state index contributed by atoms with van der Waals surface area (Å²) >= 11 is 1.54. The van der Waals surface area contributed by atoms with Gasteiger partial charge in [-0.15, -0.1) is 21.5 Å². The van der Waals surface area contributed by atoms with Crippen LogP contribution in [0.1, 0.15) is 29.6 Å². The molecule has 25 heavy (non-hydrogen) atoms. The van der Waals surface area contributed by atoms with Crippen molar-refractivity contribution in [1.82, 2.24) is 15.1 Å². The highest BCUT2D eigenvalue weighted by Gasteiger charge is 2.19. The van der Waals surface area contributed by atoms with E-state index in [4.69, 9.17) is 9.15 Å². The van der Waals surface area contributed by atoms with Gasteiger partial charge in [-0.3, -0.25) is 4.79 Å². The molecule has 130 valence electrons. The van der Waals surface area contributed by atoms with Crippen LogP contribution in [0.2, 0.25) is 0 Å². The third-order valence-corrected chi connectivity index (χ3v) is 4.50. The molecule has 1 aromatic carbocycles. The lowest BCUT2D eigenvalue weighted by molar-refractivity contribution is 0.0728. The van der Waals surface area contributed by atoms with Crippen LogP contribution in [-0.2, 0) is 6.54 Å². The first-order chi connectivity index (χ1) is 12.2. The maximum absolute atomic E-state index is 12.8. The largest absolute Gasteiger partial charge is 0.497 e. The Balaban J connectivity index is 1.75. The number of methoxy groups -OCH3 is 1. The minimum absolute atomic E-state index is 0.0691. The van der Waals surface area contributed by atoms with E-state index in [-0.39, 0.29) is 12.5 Å². The van der Waals surface area contributed by atoms with Gasteiger partial charge >= 0.3 is 0 Å². The van der Waals surface area contributed by atoms with Gasteiger partial charge < -0.3 is 14.1 Å². The average Bonchev–Trinajstić information content (AvgIpc) is 3.32. The highest BCUT2D eigenvalue weighted by atomic mass is 32.1. The van der Waals surface area contributed by atoms with E-state index in [9.17, 15) is 4.79 Å². The molecule has 6 nitrogen and oxygen atoms in total. The Morgan fingerprint density at radius 3 is 2.68 bits per heavy atom. The van der Waals surface area contributed by atoms with Gasteiger partial charge in [0, 0.05) is 12.1 Å². The van der Waals surface area contributed by atoms with E-state index < -0.39 is 0 Å². The van der Waals surface area contributed by atoms with Gasteiger partial charge in [-0.25, -0.2) is 0 Å². The molecule has 3 rings (SSSR count). The van der Waals surface area contributed by atoms with Crippen LogP contribution in [0.25, 0.3) is 10.8 Å². The predicted octanol–water partition coefficient (Wildman–Crippen LogP) is 3.86. The molecule has 0 aliphatic rings. The van der Waals surface area contributed by atoms with Crippen molar-refractivity contribution in [2.75, 3.05) is 13.7 Å². The maximum Gasteiger partial charge on any atom is 0.257 e. The summed E-state index contributed by atoms with van der Waals surface area (Å²) in [6, 6.07) is 10.9. The first kappa shape index (κ1) is 17.2. The molecule has 0 saturated heterocycles. The fourth-order valence-electron chi connectivity index (χ4n) is 2.42. The molecule has 0 bridgehead atoms. The van der Waals surface area contributed by atoms with Gasteiger partial charge in [0.2, 0.25) is 5.89 Å². The predicted molar refractivity (Wildman–Crippen MR) is 95.6 cm³/mol. The summed E-state index contributed by atoms with van der Waals surface area (Å²) in [4.78, 5) is 15.4. The Hall–Kier alpha value is -2.67. The molecule has 2 heterocycles. The summed E-state index contributed by atoms with van der Waals surface area (Å²) in [5.41, 5.74) is 0.604. The minimum Gasteiger partial charge on any atom is -0.497 e. The lowest BCUT2D eigenvalue weighted by Crippen LogP contribution is -2.31. The van der Waals surface area contributed by atoms with Gasteiger partial charge in [-0.05, 0) is 42.1 Å². The van der Waals surface area contributed by atoms with Crippen LogP contribution >= 0.6 is 11.3 Å². The van der Waals surface area contributed by atoms with E-state index in [1.807, 2.05) is 24.4 Å². The molecule has 2 aromatic heterocycles. The van der Waals surface area contributed by atoms with Gasteiger partial charge in [0.25, 0.3) is 11.8 Å².